The van der Waals surface area contributed by atoms with Crippen molar-refractivity contribution < 1.29 is 4.79 Å². The summed E-state index contributed by atoms with van der Waals surface area (Å²) in [6.45, 7) is 3.05. The molecule has 0 aromatic heterocycles. The minimum absolute atomic E-state index is 0.0734. The van der Waals surface area contributed by atoms with Gasteiger partial charge in [0.25, 0.3) is 5.91 Å². The fourth-order valence-corrected chi connectivity index (χ4v) is 2.60. The molecule has 1 aliphatic carbocycles. The minimum atomic E-state index is -0.0734. The highest BCUT2D eigenvalue weighted by Crippen LogP contribution is 2.27. The standard InChI is InChI=1S/C16H20N2O/c1-12-5-7-13(8-6-12)11-18-16(19)15-4-2-3-14(9-15)10-17/h2-4,9,12-13H,5-8,11H2,1H3,(H,18,19). The van der Waals surface area contributed by atoms with Gasteiger partial charge in [-0.1, -0.05) is 25.8 Å². The maximum absolute atomic E-state index is 12.0. The van der Waals surface area contributed by atoms with E-state index in [1.54, 1.807) is 24.3 Å². The van der Waals surface area contributed by atoms with Crippen molar-refractivity contribution in [3.8, 4) is 6.07 Å². The predicted molar refractivity (Wildman–Crippen MR) is 74.6 cm³/mol. The molecule has 1 aromatic carbocycles. The van der Waals surface area contributed by atoms with Gasteiger partial charge in [-0.2, -0.15) is 5.26 Å². The number of amides is 1. The van der Waals surface area contributed by atoms with E-state index in [4.69, 9.17) is 5.26 Å². The number of carbonyl (C=O) groups is 1. The summed E-state index contributed by atoms with van der Waals surface area (Å²) in [6.07, 6.45) is 4.95. The van der Waals surface area contributed by atoms with Crippen molar-refractivity contribution in [2.45, 2.75) is 32.6 Å². The van der Waals surface area contributed by atoms with Gasteiger partial charge in [0.2, 0.25) is 0 Å². The zero-order chi connectivity index (χ0) is 13.7. The van der Waals surface area contributed by atoms with Crippen LogP contribution in [0.5, 0.6) is 0 Å². The lowest BCUT2D eigenvalue weighted by molar-refractivity contribution is 0.0942. The molecule has 1 N–H and O–H groups in total. The molecule has 100 valence electrons. The smallest absolute Gasteiger partial charge is 0.251 e. The van der Waals surface area contributed by atoms with Gasteiger partial charge in [-0.3, -0.25) is 4.79 Å². The van der Waals surface area contributed by atoms with Crippen LogP contribution in [0.3, 0.4) is 0 Å². The minimum Gasteiger partial charge on any atom is -0.352 e. The number of nitrogens with zero attached hydrogens (tertiary/aromatic N) is 1. The summed E-state index contributed by atoms with van der Waals surface area (Å²) in [5.41, 5.74) is 1.10. The predicted octanol–water partition coefficient (Wildman–Crippen LogP) is 3.11. The number of hydrogen-bond acceptors (Lipinski definition) is 2. The monoisotopic (exact) mass is 256 g/mol. The topological polar surface area (TPSA) is 52.9 Å². The van der Waals surface area contributed by atoms with Gasteiger partial charge in [0.1, 0.15) is 0 Å². The van der Waals surface area contributed by atoms with Crippen LogP contribution in [0.2, 0.25) is 0 Å². The van der Waals surface area contributed by atoms with E-state index >= 15 is 0 Å². The third-order valence-electron chi connectivity index (χ3n) is 3.94. The summed E-state index contributed by atoms with van der Waals surface area (Å²) in [5.74, 6) is 1.37. The molecule has 19 heavy (non-hydrogen) atoms. The van der Waals surface area contributed by atoms with E-state index in [1.165, 1.54) is 25.7 Å². The number of benzene rings is 1. The van der Waals surface area contributed by atoms with E-state index in [2.05, 4.69) is 18.3 Å². The van der Waals surface area contributed by atoms with Crippen LogP contribution in [-0.2, 0) is 0 Å². The second-order valence-corrected chi connectivity index (χ2v) is 5.53. The van der Waals surface area contributed by atoms with Crippen LogP contribution in [0.15, 0.2) is 24.3 Å². The molecule has 0 atom stereocenters. The molecule has 1 aliphatic rings. The van der Waals surface area contributed by atoms with Crippen LogP contribution >= 0.6 is 0 Å². The van der Waals surface area contributed by atoms with E-state index in [0.717, 1.165) is 12.5 Å². The highest BCUT2D eigenvalue weighted by molar-refractivity contribution is 5.94. The Labute approximate surface area is 114 Å². The summed E-state index contributed by atoms with van der Waals surface area (Å²) in [5, 5.41) is 11.8. The first-order chi connectivity index (χ1) is 9.19. The lowest BCUT2D eigenvalue weighted by Crippen LogP contribution is -2.31. The molecule has 2 rings (SSSR count). The molecule has 0 bridgehead atoms. The molecule has 0 heterocycles. The first-order valence-electron chi connectivity index (χ1n) is 6.97. The molecule has 1 aromatic rings. The van der Waals surface area contributed by atoms with E-state index in [-0.39, 0.29) is 5.91 Å². The lowest BCUT2D eigenvalue weighted by atomic mass is 9.83. The largest absolute Gasteiger partial charge is 0.352 e. The molecule has 1 fully saturated rings. The molecule has 1 saturated carbocycles. The summed E-state index contributed by atoms with van der Waals surface area (Å²) in [7, 11) is 0. The van der Waals surface area contributed by atoms with E-state index < -0.39 is 0 Å². The third kappa shape index (κ3) is 3.82. The van der Waals surface area contributed by atoms with Crippen molar-refractivity contribution >= 4 is 5.91 Å². The first kappa shape index (κ1) is 13.6. The third-order valence-corrected chi connectivity index (χ3v) is 3.94. The zero-order valence-electron chi connectivity index (χ0n) is 11.4. The molecule has 3 heteroatoms. The van der Waals surface area contributed by atoms with Gasteiger partial charge in [0.05, 0.1) is 11.6 Å². The zero-order valence-corrected chi connectivity index (χ0v) is 11.4. The Bertz CT molecular complexity index is 482. The molecule has 0 unspecified atom stereocenters. The van der Waals surface area contributed by atoms with E-state index in [9.17, 15) is 4.79 Å². The summed E-state index contributed by atoms with van der Waals surface area (Å²) in [6, 6.07) is 8.89. The quantitative estimate of drug-likeness (QED) is 0.903. The second-order valence-electron chi connectivity index (χ2n) is 5.53. The van der Waals surface area contributed by atoms with Gasteiger partial charge in [-0.15, -0.1) is 0 Å². The Balaban J connectivity index is 1.85. The van der Waals surface area contributed by atoms with Crippen LogP contribution in [0, 0.1) is 23.2 Å². The molecule has 1 amide bonds. The van der Waals surface area contributed by atoms with Crippen molar-refractivity contribution in [3.63, 3.8) is 0 Å². The van der Waals surface area contributed by atoms with Crippen LogP contribution < -0.4 is 5.32 Å². The first-order valence-corrected chi connectivity index (χ1v) is 6.97. The SMILES string of the molecule is CC1CCC(CNC(=O)c2cccc(C#N)c2)CC1. The van der Waals surface area contributed by atoms with Crippen LogP contribution in [-0.4, -0.2) is 12.5 Å². The fraction of sp³-hybridized carbons (Fsp3) is 0.500. The van der Waals surface area contributed by atoms with Crippen molar-refractivity contribution in [3.05, 3.63) is 35.4 Å². The van der Waals surface area contributed by atoms with Crippen molar-refractivity contribution in [1.29, 1.82) is 5.26 Å². The molecular weight excluding hydrogens is 236 g/mol. The summed E-state index contributed by atoms with van der Waals surface area (Å²) >= 11 is 0. The maximum atomic E-state index is 12.0. The van der Waals surface area contributed by atoms with E-state index in [1.807, 2.05) is 0 Å². The van der Waals surface area contributed by atoms with Gasteiger partial charge in [0.15, 0.2) is 0 Å². The van der Waals surface area contributed by atoms with E-state index in [0.29, 0.717) is 17.0 Å². The molecule has 0 aliphatic heterocycles. The number of carbonyl (C=O) groups excluding carboxylic acids is 1. The normalized spacial score (nSPS) is 22.5. The number of rotatable bonds is 3. The lowest BCUT2D eigenvalue weighted by Gasteiger charge is -2.26. The second kappa shape index (κ2) is 6.38. The molecule has 0 radical (unpaired) electrons. The highest BCUT2D eigenvalue weighted by atomic mass is 16.1. The summed E-state index contributed by atoms with van der Waals surface area (Å²) < 4.78 is 0. The average molecular weight is 256 g/mol. The van der Waals surface area contributed by atoms with Gasteiger partial charge >= 0.3 is 0 Å². The van der Waals surface area contributed by atoms with Gasteiger partial charge < -0.3 is 5.32 Å². The van der Waals surface area contributed by atoms with Crippen LogP contribution in [0.1, 0.15) is 48.5 Å². The maximum Gasteiger partial charge on any atom is 0.251 e. The van der Waals surface area contributed by atoms with Gasteiger partial charge in [-0.05, 0) is 42.9 Å². The Kier molecular flexibility index (Phi) is 4.57. The molecule has 0 spiro atoms. The van der Waals surface area contributed by atoms with Crippen molar-refractivity contribution in [2.24, 2.45) is 11.8 Å². The Morgan fingerprint density at radius 1 is 1.37 bits per heavy atom. The molecular formula is C16H20N2O. The Morgan fingerprint density at radius 3 is 2.79 bits per heavy atom. The number of nitriles is 1. The number of hydrogen-bond donors (Lipinski definition) is 1. The van der Waals surface area contributed by atoms with Gasteiger partial charge in [0, 0.05) is 12.1 Å². The van der Waals surface area contributed by atoms with Gasteiger partial charge in [-0.25, -0.2) is 0 Å². The van der Waals surface area contributed by atoms with Crippen LogP contribution in [0.4, 0.5) is 0 Å². The van der Waals surface area contributed by atoms with Crippen molar-refractivity contribution in [1.82, 2.24) is 5.32 Å². The fourth-order valence-electron chi connectivity index (χ4n) is 2.60. The van der Waals surface area contributed by atoms with Crippen LogP contribution in [0.25, 0.3) is 0 Å². The van der Waals surface area contributed by atoms with Crippen molar-refractivity contribution in [2.75, 3.05) is 6.54 Å². The highest BCUT2D eigenvalue weighted by Gasteiger charge is 2.18. The molecule has 0 saturated heterocycles. The molecule has 3 nitrogen and oxygen atoms in total. The Morgan fingerprint density at radius 2 is 2.11 bits per heavy atom. The Hall–Kier alpha value is -1.82. The average Bonchev–Trinajstić information content (AvgIpc) is 2.46. The number of nitrogens with one attached hydrogen (secondary N) is 1. The summed E-state index contributed by atoms with van der Waals surface area (Å²) in [4.78, 5) is 12.0.